The van der Waals surface area contributed by atoms with Crippen molar-refractivity contribution in [2.24, 2.45) is 0 Å². The minimum absolute atomic E-state index is 0.0215. The molecule has 2 amide bonds. The van der Waals surface area contributed by atoms with Gasteiger partial charge in [-0.3, -0.25) is 14.6 Å². The van der Waals surface area contributed by atoms with Gasteiger partial charge in [-0.15, -0.1) is 11.3 Å². The van der Waals surface area contributed by atoms with Crippen LogP contribution in [0.4, 0.5) is 5.00 Å². The first-order chi connectivity index (χ1) is 15.6. The van der Waals surface area contributed by atoms with Crippen molar-refractivity contribution >= 4 is 28.2 Å². The number of hydrogen-bond donors (Lipinski definition) is 1. The van der Waals surface area contributed by atoms with Gasteiger partial charge < -0.3 is 14.7 Å². The van der Waals surface area contributed by atoms with Crippen LogP contribution >= 0.6 is 11.3 Å². The normalized spacial score (nSPS) is 18.3. The Hall–Kier alpha value is -3.07. The third kappa shape index (κ3) is 4.04. The summed E-state index contributed by atoms with van der Waals surface area (Å²) in [6.07, 6.45) is 8.95. The highest BCUT2D eigenvalue weighted by Gasteiger charge is 2.33. The number of nitrogens with zero attached hydrogens (tertiary/aromatic N) is 4. The number of piperidine rings is 1. The summed E-state index contributed by atoms with van der Waals surface area (Å²) in [6, 6.07) is 3.45. The fourth-order valence-electron chi connectivity index (χ4n) is 4.55. The lowest BCUT2D eigenvalue weighted by molar-refractivity contribution is 0.0696. The summed E-state index contributed by atoms with van der Waals surface area (Å²) in [6.45, 7) is 3.03. The third-order valence-electron chi connectivity index (χ3n) is 6.14. The van der Waals surface area contributed by atoms with Crippen molar-refractivity contribution in [1.29, 1.82) is 0 Å². The maximum Gasteiger partial charge on any atom is 0.257 e. The van der Waals surface area contributed by atoms with E-state index < -0.39 is 0 Å². The Morgan fingerprint density at radius 1 is 1.25 bits per heavy atom. The number of aromatic nitrogens is 3. The number of anilines is 1. The Bertz CT molecular complexity index is 1140. The Balaban J connectivity index is 1.43. The summed E-state index contributed by atoms with van der Waals surface area (Å²) in [5, 5.41) is 7.55. The van der Waals surface area contributed by atoms with Crippen molar-refractivity contribution in [1.82, 2.24) is 20.0 Å². The zero-order valence-corrected chi connectivity index (χ0v) is 18.8. The average molecular weight is 452 g/mol. The molecule has 2 aliphatic rings. The van der Waals surface area contributed by atoms with E-state index in [2.05, 4.69) is 20.4 Å². The summed E-state index contributed by atoms with van der Waals surface area (Å²) in [5.41, 5.74) is 2.23. The fourth-order valence-corrected chi connectivity index (χ4v) is 5.83. The molecule has 1 saturated heterocycles. The lowest BCUT2D eigenvalue weighted by Crippen LogP contribution is -2.39. The predicted molar refractivity (Wildman–Crippen MR) is 120 cm³/mol. The molecule has 32 heavy (non-hydrogen) atoms. The van der Waals surface area contributed by atoms with Crippen LogP contribution in [0.2, 0.25) is 0 Å². The second kappa shape index (κ2) is 8.82. The molecular formula is C23H25N5O3S. The minimum Gasteiger partial charge on any atom is -0.339 e. The van der Waals surface area contributed by atoms with E-state index in [9.17, 15) is 9.59 Å². The summed E-state index contributed by atoms with van der Waals surface area (Å²) < 4.78 is 5.38. The van der Waals surface area contributed by atoms with E-state index in [4.69, 9.17) is 4.52 Å². The van der Waals surface area contributed by atoms with Gasteiger partial charge in [0.05, 0.1) is 17.0 Å². The van der Waals surface area contributed by atoms with E-state index in [1.54, 1.807) is 25.3 Å². The molecule has 0 spiro atoms. The summed E-state index contributed by atoms with van der Waals surface area (Å²) in [5.74, 6) is 0.973. The van der Waals surface area contributed by atoms with E-state index >= 15 is 0 Å². The SMILES string of the molecule is Cc1noc(C2CCCN(C(=O)c3c(NC(=O)c4cccnc4)sc4c3CCCC4)C2)n1. The number of likely N-dealkylation sites (tertiary alicyclic amines) is 1. The number of fused-ring (bicyclic) bond motifs is 1. The van der Waals surface area contributed by atoms with Crippen molar-refractivity contribution in [3.05, 3.63) is 57.8 Å². The Kier molecular flexibility index (Phi) is 5.73. The van der Waals surface area contributed by atoms with Crippen molar-refractivity contribution in [3.63, 3.8) is 0 Å². The zero-order valence-electron chi connectivity index (χ0n) is 18.0. The summed E-state index contributed by atoms with van der Waals surface area (Å²) in [7, 11) is 0. The lowest BCUT2D eigenvalue weighted by Gasteiger charge is -2.31. The van der Waals surface area contributed by atoms with E-state index in [-0.39, 0.29) is 17.7 Å². The van der Waals surface area contributed by atoms with Crippen LogP contribution < -0.4 is 5.32 Å². The molecule has 1 fully saturated rings. The summed E-state index contributed by atoms with van der Waals surface area (Å²) in [4.78, 5) is 38.1. The van der Waals surface area contributed by atoms with Crippen LogP contribution in [-0.4, -0.2) is 44.9 Å². The topological polar surface area (TPSA) is 101 Å². The van der Waals surface area contributed by atoms with Crippen LogP contribution in [-0.2, 0) is 12.8 Å². The number of carbonyl (C=O) groups is 2. The second-order valence-electron chi connectivity index (χ2n) is 8.38. The molecule has 0 saturated carbocycles. The molecule has 1 N–H and O–H groups in total. The molecule has 0 radical (unpaired) electrons. The molecular weight excluding hydrogens is 426 g/mol. The molecule has 4 heterocycles. The highest BCUT2D eigenvalue weighted by molar-refractivity contribution is 7.17. The van der Waals surface area contributed by atoms with Gasteiger partial charge >= 0.3 is 0 Å². The van der Waals surface area contributed by atoms with Crippen LogP contribution in [0.1, 0.15) is 74.5 Å². The smallest absolute Gasteiger partial charge is 0.257 e. The first-order valence-electron chi connectivity index (χ1n) is 11.1. The van der Waals surface area contributed by atoms with Gasteiger partial charge in [-0.25, -0.2) is 0 Å². The van der Waals surface area contributed by atoms with E-state index in [0.717, 1.165) is 44.1 Å². The van der Waals surface area contributed by atoms with Crippen molar-refractivity contribution in [3.8, 4) is 0 Å². The van der Waals surface area contributed by atoms with E-state index in [1.165, 1.54) is 22.4 Å². The van der Waals surface area contributed by atoms with Crippen molar-refractivity contribution < 1.29 is 14.1 Å². The van der Waals surface area contributed by atoms with Gasteiger partial charge in [-0.2, -0.15) is 4.98 Å². The molecule has 1 aliphatic carbocycles. The largest absolute Gasteiger partial charge is 0.339 e. The summed E-state index contributed by atoms with van der Waals surface area (Å²) >= 11 is 1.54. The van der Waals surface area contributed by atoms with Crippen LogP contribution in [0.15, 0.2) is 29.0 Å². The highest BCUT2D eigenvalue weighted by Crippen LogP contribution is 2.40. The van der Waals surface area contributed by atoms with Gasteiger partial charge in [-0.05, 0) is 63.1 Å². The first-order valence-corrected chi connectivity index (χ1v) is 11.9. The number of nitrogens with one attached hydrogen (secondary N) is 1. The minimum atomic E-state index is -0.247. The number of aryl methyl sites for hydroxylation is 2. The van der Waals surface area contributed by atoms with Crippen LogP contribution in [0.25, 0.3) is 0 Å². The molecule has 5 rings (SSSR count). The molecule has 0 aromatic carbocycles. The number of thiophene rings is 1. The van der Waals surface area contributed by atoms with E-state index in [1.807, 2.05) is 4.90 Å². The number of carbonyl (C=O) groups excluding carboxylic acids is 2. The molecule has 0 bridgehead atoms. The van der Waals surface area contributed by atoms with Gasteiger partial charge in [0, 0.05) is 30.4 Å². The first kappa shape index (κ1) is 20.8. The quantitative estimate of drug-likeness (QED) is 0.644. The number of pyridine rings is 1. The van der Waals surface area contributed by atoms with Crippen LogP contribution in [0.5, 0.6) is 0 Å². The van der Waals surface area contributed by atoms with Crippen molar-refractivity contribution in [2.45, 2.75) is 51.4 Å². The van der Waals surface area contributed by atoms with Gasteiger partial charge in [0.2, 0.25) is 5.89 Å². The molecule has 166 valence electrons. The zero-order chi connectivity index (χ0) is 22.1. The van der Waals surface area contributed by atoms with Gasteiger partial charge in [-0.1, -0.05) is 5.16 Å². The Morgan fingerprint density at radius 3 is 2.91 bits per heavy atom. The lowest BCUT2D eigenvalue weighted by atomic mass is 9.93. The maximum atomic E-state index is 13.8. The molecule has 3 aromatic rings. The van der Waals surface area contributed by atoms with E-state index in [0.29, 0.717) is 40.9 Å². The molecule has 1 aliphatic heterocycles. The van der Waals surface area contributed by atoms with Crippen molar-refractivity contribution in [2.75, 3.05) is 18.4 Å². The van der Waals surface area contributed by atoms with Gasteiger partial charge in [0.1, 0.15) is 5.00 Å². The molecule has 1 unspecified atom stereocenters. The Morgan fingerprint density at radius 2 is 2.12 bits per heavy atom. The molecule has 3 aromatic heterocycles. The monoisotopic (exact) mass is 451 g/mol. The number of rotatable bonds is 4. The predicted octanol–water partition coefficient (Wildman–Crippen LogP) is 3.99. The molecule has 1 atom stereocenters. The third-order valence-corrected chi connectivity index (χ3v) is 7.34. The van der Waals surface area contributed by atoms with Gasteiger partial charge in [0.15, 0.2) is 5.82 Å². The molecule has 8 nitrogen and oxygen atoms in total. The number of hydrogen-bond acceptors (Lipinski definition) is 7. The van der Waals surface area contributed by atoms with Crippen LogP contribution in [0, 0.1) is 6.92 Å². The fraction of sp³-hybridized carbons (Fsp3) is 0.435. The molecule has 9 heteroatoms. The maximum absolute atomic E-state index is 13.8. The average Bonchev–Trinajstić information content (AvgIpc) is 3.42. The second-order valence-corrected chi connectivity index (χ2v) is 9.49. The van der Waals surface area contributed by atoms with Crippen LogP contribution in [0.3, 0.4) is 0 Å². The standard InChI is InChI=1S/C23H25N5O3S/c1-14-25-21(31-27-14)16-7-5-11-28(13-16)23(30)19-17-8-2-3-9-18(17)32-22(19)26-20(29)15-6-4-10-24-12-15/h4,6,10,12,16H,2-3,5,7-9,11,13H2,1H3,(H,26,29). The highest BCUT2D eigenvalue weighted by atomic mass is 32.1. The van der Waals surface area contributed by atoms with Gasteiger partial charge in [0.25, 0.3) is 11.8 Å². The Labute approximate surface area is 190 Å². The number of amides is 2.